The molecule has 0 saturated heterocycles. The normalized spacial score (nSPS) is 14.6. The summed E-state index contributed by atoms with van der Waals surface area (Å²) in [7, 11) is -1.12. The van der Waals surface area contributed by atoms with E-state index >= 15 is 0 Å². The second-order valence-corrected chi connectivity index (χ2v) is 8.10. The first-order chi connectivity index (χ1) is 14.0. The third-order valence-electron chi connectivity index (χ3n) is 4.75. The average molecular weight is 419 g/mol. The molecule has 2 aromatic carbocycles. The van der Waals surface area contributed by atoms with Crippen molar-refractivity contribution < 1.29 is 17.4 Å². The van der Waals surface area contributed by atoms with Gasteiger partial charge in [-0.1, -0.05) is 6.42 Å². The molecule has 0 spiro atoms. The van der Waals surface area contributed by atoms with Gasteiger partial charge in [-0.05, 0) is 60.7 Å². The van der Waals surface area contributed by atoms with Gasteiger partial charge >= 0.3 is 0 Å². The Morgan fingerprint density at radius 3 is 2.45 bits per heavy atom. The smallest absolute Gasteiger partial charge is 0.150 e. The Morgan fingerprint density at radius 2 is 1.83 bits per heavy atom. The van der Waals surface area contributed by atoms with Crippen LogP contribution in [0.2, 0.25) is 0 Å². The van der Waals surface area contributed by atoms with Crippen LogP contribution in [0.25, 0.3) is 22.2 Å². The van der Waals surface area contributed by atoms with Gasteiger partial charge in [0.25, 0.3) is 0 Å². The van der Waals surface area contributed by atoms with Gasteiger partial charge in [0.1, 0.15) is 34.2 Å². The number of aromatic nitrogens is 1. The maximum atomic E-state index is 13.5. The van der Waals surface area contributed by atoms with Crippen molar-refractivity contribution in [1.82, 2.24) is 9.71 Å². The summed E-state index contributed by atoms with van der Waals surface area (Å²) in [5.41, 5.74) is 1.58. The zero-order valence-corrected chi connectivity index (χ0v) is 16.4. The molecule has 1 aliphatic rings. The first-order valence-electron chi connectivity index (χ1n) is 9.19. The summed E-state index contributed by atoms with van der Waals surface area (Å²) < 4.78 is 53.1. The third-order valence-corrected chi connectivity index (χ3v) is 5.63. The zero-order valence-electron chi connectivity index (χ0n) is 15.6. The largest absolute Gasteiger partial charge is 0.352 e. The quantitative estimate of drug-likeness (QED) is 0.623. The summed E-state index contributed by atoms with van der Waals surface area (Å²) in [6, 6.07) is 11.4. The van der Waals surface area contributed by atoms with Crippen LogP contribution in [0.1, 0.15) is 19.3 Å². The van der Waals surface area contributed by atoms with E-state index in [1.807, 2.05) is 6.07 Å². The molecule has 1 fully saturated rings. The third kappa shape index (κ3) is 5.68. The standard InChI is InChI=1S/C14H8F3N.C7H12N2OS/c15-10-3-1-8(2-4-10)13-6-9-5-11(16)7-12(17)14(9)18-13;8-4-5-11(10)9-6-7-2-1-3-7/h1-7,18H;7,9H,1-3,5-6H2. The fourth-order valence-corrected chi connectivity index (χ4v) is 3.61. The summed E-state index contributed by atoms with van der Waals surface area (Å²) in [5, 5.41) is 8.64. The molecule has 3 aromatic rings. The van der Waals surface area contributed by atoms with Crippen LogP contribution in [-0.4, -0.2) is 21.5 Å². The maximum absolute atomic E-state index is 13.5. The van der Waals surface area contributed by atoms with Gasteiger partial charge in [-0.25, -0.2) is 22.1 Å². The molecule has 152 valence electrons. The highest BCUT2D eigenvalue weighted by atomic mass is 32.2. The van der Waals surface area contributed by atoms with Crippen molar-refractivity contribution in [3.63, 3.8) is 0 Å². The van der Waals surface area contributed by atoms with Crippen molar-refractivity contribution in [2.45, 2.75) is 19.3 Å². The van der Waals surface area contributed by atoms with Crippen molar-refractivity contribution in [3.05, 3.63) is 59.9 Å². The molecule has 1 aromatic heterocycles. The van der Waals surface area contributed by atoms with E-state index in [4.69, 9.17) is 5.26 Å². The first kappa shape index (κ1) is 21.1. The Hall–Kier alpha value is -2.63. The lowest BCUT2D eigenvalue weighted by atomic mass is 9.86. The number of halogens is 3. The number of rotatable bonds is 5. The topological polar surface area (TPSA) is 68.7 Å². The van der Waals surface area contributed by atoms with E-state index in [9.17, 15) is 17.4 Å². The fourth-order valence-electron chi connectivity index (χ4n) is 2.97. The van der Waals surface area contributed by atoms with E-state index in [-0.39, 0.29) is 17.1 Å². The predicted octanol–water partition coefficient (Wildman–Crippen LogP) is 4.82. The van der Waals surface area contributed by atoms with Gasteiger partial charge in [0.2, 0.25) is 0 Å². The highest BCUT2D eigenvalue weighted by Gasteiger charge is 2.17. The highest BCUT2D eigenvalue weighted by molar-refractivity contribution is 7.83. The molecule has 4 rings (SSSR count). The van der Waals surface area contributed by atoms with E-state index in [1.54, 1.807) is 18.2 Å². The van der Waals surface area contributed by atoms with Crippen LogP contribution in [0.3, 0.4) is 0 Å². The van der Waals surface area contributed by atoms with Crippen molar-refractivity contribution in [3.8, 4) is 17.3 Å². The van der Waals surface area contributed by atoms with E-state index in [0.717, 1.165) is 12.6 Å². The number of hydrogen-bond donors (Lipinski definition) is 2. The SMILES string of the molecule is Fc1ccc(-c2cc3cc(F)cc(F)c3[nH]2)cc1.N#CCS(=O)NCC1CCC1. The Bertz CT molecular complexity index is 1040. The lowest BCUT2D eigenvalue weighted by Crippen LogP contribution is -2.29. The Labute approximate surface area is 169 Å². The van der Waals surface area contributed by atoms with Crippen LogP contribution in [-0.2, 0) is 11.0 Å². The highest BCUT2D eigenvalue weighted by Crippen LogP contribution is 2.27. The van der Waals surface area contributed by atoms with Gasteiger partial charge in [0.15, 0.2) is 0 Å². The molecule has 2 N–H and O–H groups in total. The monoisotopic (exact) mass is 419 g/mol. The van der Waals surface area contributed by atoms with Crippen molar-refractivity contribution >= 4 is 21.9 Å². The first-order valence-corrected chi connectivity index (χ1v) is 10.5. The lowest BCUT2D eigenvalue weighted by molar-refractivity contribution is 0.318. The van der Waals surface area contributed by atoms with E-state index in [2.05, 4.69) is 9.71 Å². The number of fused-ring (bicyclic) bond motifs is 1. The minimum Gasteiger partial charge on any atom is -0.352 e. The van der Waals surface area contributed by atoms with Gasteiger partial charge in [0, 0.05) is 23.7 Å². The van der Waals surface area contributed by atoms with Crippen molar-refractivity contribution in [1.29, 1.82) is 5.26 Å². The summed E-state index contributed by atoms with van der Waals surface area (Å²) >= 11 is 0. The summed E-state index contributed by atoms with van der Waals surface area (Å²) in [6.07, 6.45) is 3.80. The second-order valence-electron chi connectivity index (χ2n) is 6.84. The minimum atomic E-state index is -1.12. The molecule has 0 aliphatic heterocycles. The van der Waals surface area contributed by atoms with Gasteiger partial charge < -0.3 is 4.98 Å². The number of hydrogen-bond acceptors (Lipinski definition) is 2. The molecule has 0 radical (unpaired) electrons. The molecular weight excluding hydrogens is 399 g/mol. The molecule has 4 nitrogen and oxygen atoms in total. The van der Waals surface area contributed by atoms with Crippen LogP contribution in [0, 0.1) is 34.7 Å². The van der Waals surface area contributed by atoms with Gasteiger partial charge in [0.05, 0.1) is 11.6 Å². The molecule has 1 saturated carbocycles. The molecule has 8 heteroatoms. The van der Waals surface area contributed by atoms with Crippen LogP contribution in [0.4, 0.5) is 13.2 Å². The van der Waals surface area contributed by atoms with E-state index < -0.39 is 22.6 Å². The molecule has 0 amide bonds. The minimum absolute atomic E-state index is 0.104. The molecule has 1 heterocycles. The Balaban J connectivity index is 0.000000188. The van der Waals surface area contributed by atoms with E-state index in [1.165, 1.54) is 37.5 Å². The fraction of sp³-hybridized carbons (Fsp3) is 0.286. The van der Waals surface area contributed by atoms with Crippen LogP contribution >= 0.6 is 0 Å². The molecule has 1 atom stereocenters. The van der Waals surface area contributed by atoms with Crippen molar-refractivity contribution in [2.75, 3.05) is 12.3 Å². The molecule has 29 heavy (non-hydrogen) atoms. The summed E-state index contributed by atoms with van der Waals surface area (Å²) in [5.74, 6) is -0.792. The van der Waals surface area contributed by atoms with Gasteiger partial charge in [-0.15, -0.1) is 0 Å². The maximum Gasteiger partial charge on any atom is 0.150 e. The second kappa shape index (κ2) is 9.72. The van der Waals surface area contributed by atoms with Crippen molar-refractivity contribution in [2.24, 2.45) is 5.92 Å². The lowest BCUT2D eigenvalue weighted by Gasteiger charge is -2.24. The van der Waals surface area contributed by atoms with Crippen LogP contribution < -0.4 is 4.72 Å². The van der Waals surface area contributed by atoms with E-state index in [0.29, 0.717) is 22.6 Å². The number of benzene rings is 2. The molecule has 1 aliphatic carbocycles. The van der Waals surface area contributed by atoms with Gasteiger partial charge in [-0.3, -0.25) is 0 Å². The number of H-pyrrole nitrogens is 1. The average Bonchev–Trinajstić information content (AvgIpc) is 3.06. The van der Waals surface area contributed by atoms with Gasteiger partial charge in [-0.2, -0.15) is 5.26 Å². The Kier molecular flexibility index (Phi) is 7.07. The predicted molar refractivity (Wildman–Crippen MR) is 108 cm³/mol. The van der Waals surface area contributed by atoms with Crippen LogP contribution in [0.15, 0.2) is 42.5 Å². The number of aromatic amines is 1. The number of nitrogens with one attached hydrogen (secondary N) is 2. The molecule has 1 unspecified atom stereocenters. The summed E-state index contributed by atoms with van der Waals surface area (Å²) in [4.78, 5) is 2.86. The number of nitriles is 1. The summed E-state index contributed by atoms with van der Waals surface area (Å²) in [6.45, 7) is 0.814. The molecule has 0 bridgehead atoms. The number of nitrogens with zero attached hydrogens (tertiary/aromatic N) is 1. The van der Waals surface area contributed by atoms with Crippen LogP contribution in [0.5, 0.6) is 0 Å². The zero-order chi connectivity index (χ0) is 20.8. The Morgan fingerprint density at radius 1 is 1.10 bits per heavy atom. The molecular formula is C21H20F3N3OS.